The van der Waals surface area contributed by atoms with E-state index in [1.807, 2.05) is 29.2 Å². The number of carbonyl (C=O) groups is 2. The van der Waals surface area contributed by atoms with Gasteiger partial charge in [-0.1, -0.05) is 19.1 Å². The lowest BCUT2D eigenvalue weighted by Crippen LogP contribution is -2.33. The largest absolute Gasteiger partial charge is 0.352 e. The molecule has 0 aliphatic carbocycles. The Balaban J connectivity index is 1.49. The highest BCUT2D eigenvalue weighted by atomic mass is 16.2. The van der Waals surface area contributed by atoms with Gasteiger partial charge in [0.1, 0.15) is 0 Å². The van der Waals surface area contributed by atoms with Gasteiger partial charge in [-0.15, -0.1) is 0 Å². The highest BCUT2D eigenvalue weighted by Crippen LogP contribution is 2.24. The van der Waals surface area contributed by atoms with E-state index in [0.29, 0.717) is 31.2 Å². The van der Waals surface area contributed by atoms with Gasteiger partial charge in [0.2, 0.25) is 11.8 Å². The zero-order valence-electron chi connectivity index (χ0n) is 15.1. The highest BCUT2D eigenvalue weighted by molar-refractivity contribution is 5.95. The van der Waals surface area contributed by atoms with Gasteiger partial charge in [-0.25, -0.2) is 0 Å². The van der Waals surface area contributed by atoms with Crippen molar-refractivity contribution in [2.45, 2.75) is 45.6 Å². The van der Waals surface area contributed by atoms with Crippen LogP contribution in [0.15, 0.2) is 24.3 Å². The van der Waals surface area contributed by atoms with Gasteiger partial charge in [0.05, 0.1) is 0 Å². The molecule has 25 heavy (non-hydrogen) atoms. The molecule has 3 rings (SSSR count). The van der Waals surface area contributed by atoms with Crippen molar-refractivity contribution in [1.82, 2.24) is 10.6 Å². The third-order valence-corrected chi connectivity index (χ3v) is 5.48. The van der Waals surface area contributed by atoms with Crippen molar-refractivity contribution in [1.29, 1.82) is 0 Å². The maximum atomic E-state index is 12.3. The molecule has 2 saturated heterocycles. The van der Waals surface area contributed by atoms with Gasteiger partial charge in [-0.2, -0.15) is 0 Å². The van der Waals surface area contributed by atoms with Crippen LogP contribution in [-0.4, -0.2) is 31.4 Å². The standard InChI is InChI=1S/C20H29N3O2/c1-15(17-7-9-21-10-8-17)12-19(24)22-14-16-4-2-5-18(13-16)23-11-3-6-20(23)25/h2,4-5,13,15,17,21H,3,6-12,14H2,1H3,(H,22,24). The second kappa shape index (κ2) is 8.48. The monoisotopic (exact) mass is 343 g/mol. The molecule has 2 aliphatic rings. The zero-order chi connectivity index (χ0) is 17.6. The number of hydrogen-bond donors (Lipinski definition) is 2. The van der Waals surface area contributed by atoms with Crippen molar-refractivity contribution in [2.24, 2.45) is 11.8 Å². The smallest absolute Gasteiger partial charge is 0.227 e. The molecule has 5 heteroatoms. The molecule has 2 heterocycles. The van der Waals surface area contributed by atoms with E-state index >= 15 is 0 Å². The fourth-order valence-corrected chi connectivity index (χ4v) is 3.90. The summed E-state index contributed by atoms with van der Waals surface area (Å²) < 4.78 is 0. The van der Waals surface area contributed by atoms with E-state index in [-0.39, 0.29) is 11.8 Å². The molecular formula is C20H29N3O2. The molecule has 136 valence electrons. The molecule has 0 radical (unpaired) electrons. The SMILES string of the molecule is CC(CC(=O)NCc1cccc(N2CCCC2=O)c1)C1CCNCC1. The molecule has 0 bridgehead atoms. The normalized spacial score (nSPS) is 19.9. The Hall–Kier alpha value is -1.88. The molecule has 0 saturated carbocycles. The van der Waals surface area contributed by atoms with Crippen molar-refractivity contribution in [3.63, 3.8) is 0 Å². The molecule has 1 aromatic carbocycles. The lowest BCUT2D eigenvalue weighted by atomic mass is 9.84. The van der Waals surface area contributed by atoms with Crippen LogP contribution >= 0.6 is 0 Å². The Bertz CT molecular complexity index is 611. The van der Waals surface area contributed by atoms with Crippen LogP contribution in [0.5, 0.6) is 0 Å². The topological polar surface area (TPSA) is 61.4 Å². The summed E-state index contributed by atoms with van der Waals surface area (Å²) in [4.78, 5) is 26.0. The third kappa shape index (κ3) is 4.82. The Morgan fingerprint density at radius 2 is 2.16 bits per heavy atom. The molecule has 5 nitrogen and oxygen atoms in total. The molecular weight excluding hydrogens is 314 g/mol. The Kier molecular flexibility index (Phi) is 6.08. The van der Waals surface area contributed by atoms with Gasteiger partial charge >= 0.3 is 0 Å². The Morgan fingerprint density at radius 3 is 2.88 bits per heavy atom. The maximum Gasteiger partial charge on any atom is 0.227 e. The molecule has 2 fully saturated rings. The average Bonchev–Trinajstić information content (AvgIpc) is 3.07. The van der Waals surface area contributed by atoms with E-state index in [2.05, 4.69) is 17.6 Å². The molecule has 1 aromatic rings. The van der Waals surface area contributed by atoms with E-state index in [4.69, 9.17) is 0 Å². The first-order chi connectivity index (χ1) is 12.1. The van der Waals surface area contributed by atoms with Gasteiger partial charge < -0.3 is 15.5 Å². The summed E-state index contributed by atoms with van der Waals surface area (Å²) in [6.07, 6.45) is 4.49. The first-order valence-corrected chi connectivity index (χ1v) is 9.50. The van der Waals surface area contributed by atoms with Crippen molar-refractivity contribution >= 4 is 17.5 Å². The van der Waals surface area contributed by atoms with Gasteiger partial charge in [-0.3, -0.25) is 9.59 Å². The van der Waals surface area contributed by atoms with E-state index in [9.17, 15) is 9.59 Å². The first-order valence-electron chi connectivity index (χ1n) is 9.50. The third-order valence-electron chi connectivity index (χ3n) is 5.48. The number of hydrogen-bond acceptors (Lipinski definition) is 3. The van der Waals surface area contributed by atoms with Crippen molar-refractivity contribution in [2.75, 3.05) is 24.5 Å². The number of nitrogens with one attached hydrogen (secondary N) is 2. The van der Waals surface area contributed by atoms with Crippen LogP contribution in [0.25, 0.3) is 0 Å². The summed E-state index contributed by atoms with van der Waals surface area (Å²) >= 11 is 0. The van der Waals surface area contributed by atoms with Crippen LogP contribution in [0.1, 0.15) is 44.6 Å². The van der Waals surface area contributed by atoms with Crippen LogP contribution < -0.4 is 15.5 Å². The molecule has 2 N–H and O–H groups in total. The Labute approximate surface area is 150 Å². The van der Waals surface area contributed by atoms with Crippen molar-refractivity contribution in [3.8, 4) is 0 Å². The summed E-state index contributed by atoms with van der Waals surface area (Å²) in [5.74, 6) is 1.39. The first kappa shape index (κ1) is 17.9. The summed E-state index contributed by atoms with van der Waals surface area (Å²) in [5, 5.41) is 6.41. The lowest BCUT2D eigenvalue weighted by Gasteiger charge is -2.27. The van der Waals surface area contributed by atoms with Crippen LogP contribution in [0, 0.1) is 11.8 Å². The molecule has 1 unspecified atom stereocenters. The molecule has 2 aliphatic heterocycles. The summed E-state index contributed by atoms with van der Waals surface area (Å²) in [7, 11) is 0. The second-order valence-corrected chi connectivity index (χ2v) is 7.36. The lowest BCUT2D eigenvalue weighted by molar-refractivity contribution is -0.122. The fourth-order valence-electron chi connectivity index (χ4n) is 3.90. The minimum Gasteiger partial charge on any atom is -0.352 e. The number of anilines is 1. The quantitative estimate of drug-likeness (QED) is 0.834. The second-order valence-electron chi connectivity index (χ2n) is 7.36. The maximum absolute atomic E-state index is 12.3. The van der Waals surface area contributed by atoms with Gasteiger partial charge in [0.25, 0.3) is 0 Å². The van der Waals surface area contributed by atoms with E-state index in [1.54, 1.807) is 0 Å². The Morgan fingerprint density at radius 1 is 1.36 bits per heavy atom. The molecule has 1 atom stereocenters. The van der Waals surface area contributed by atoms with E-state index < -0.39 is 0 Å². The summed E-state index contributed by atoms with van der Waals surface area (Å²) in [6.45, 7) is 5.64. The molecule has 0 aromatic heterocycles. The van der Waals surface area contributed by atoms with E-state index in [1.165, 1.54) is 12.8 Å². The summed E-state index contributed by atoms with van der Waals surface area (Å²) in [5.41, 5.74) is 1.98. The van der Waals surface area contributed by atoms with Gasteiger partial charge in [-0.05, 0) is 61.9 Å². The van der Waals surface area contributed by atoms with Crippen LogP contribution in [0.3, 0.4) is 0 Å². The predicted molar refractivity (Wildman–Crippen MR) is 99.3 cm³/mol. The number of benzene rings is 1. The fraction of sp³-hybridized carbons (Fsp3) is 0.600. The zero-order valence-corrected chi connectivity index (χ0v) is 15.1. The number of piperidine rings is 1. The molecule has 2 amide bonds. The van der Waals surface area contributed by atoms with Gasteiger partial charge in [0, 0.05) is 31.6 Å². The van der Waals surface area contributed by atoms with E-state index in [0.717, 1.165) is 37.3 Å². The van der Waals surface area contributed by atoms with Crippen molar-refractivity contribution in [3.05, 3.63) is 29.8 Å². The number of carbonyl (C=O) groups excluding carboxylic acids is 2. The van der Waals surface area contributed by atoms with Crippen LogP contribution in [0.4, 0.5) is 5.69 Å². The number of rotatable bonds is 6. The minimum atomic E-state index is 0.119. The predicted octanol–water partition coefficient (Wildman–Crippen LogP) is 2.46. The average molecular weight is 343 g/mol. The number of nitrogens with zero attached hydrogens (tertiary/aromatic N) is 1. The van der Waals surface area contributed by atoms with Gasteiger partial charge in [0.15, 0.2) is 0 Å². The van der Waals surface area contributed by atoms with Crippen LogP contribution in [-0.2, 0) is 16.1 Å². The van der Waals surface area contributed by atoms with Crippen molar-refractivity contribution < 1.29 is 9.59 Å². The minimum absolute atomic E-state index is 0.119. The molecule has 0 spiro atoms. The number of amides is 2. The highest BCUT2D eigenvalue weighted by Gasteiger charge is 2.23. The van der Waals surface area contributed by atoms with Crippen LogP contribution in [0.2, 0.25) is 0 Å². The summed E-state index contributed by atoms with van der Waals surface area (Å²) in [6, 6.07) is 7.94.